The van der Waals surface area contributed by atoms with Gasteiger partial charge >= 0.3 is 0 Å². The summed E-state index contributed by atoms with van der Waals surface area (Å²) in [6, 6.07) is 6.36. The van der Waals surface area contributed by atoms with Crippen molar-refractivity contribution in [1.82, 2.24) is 0 Å². The molecule has 2 rings (SSSR count). The lowest BCUT2D eigenvalue weighted by Gasteiger charge is -2.13. The Morgan fingerprint density at radius 3 is 3.08 bits per heavy atom. The molecule has 0 amide bonds. The van der Waals surface area contributed by atoms with Crippen molar-refractivity contribution in [3.05, 3.63) is 41.0 Å². The van der Waals surface area contributed by atoms with Crippen molar-refractivity contribution in [2.24, 2.45) is 5.73 Å². The van der Waals surface area contributed by atoms with Crippen LogP contribution < -0.4 is 5.73 Å². The molecular weight excluding hydrogens is 146 g/mol. The Morgan fingerprint density at radius 2 is 2.25 bits per heavy atom. The topological polar surface area (TPSA) is 26.0 Å². The molecule has 0 aliphatic heterocycles. The Labute approximate surface area is 72.9 Å². The minimum absolute atomic E-state index is 0.664. The van der Waals surface area contributed by atoms with E-state index >= 15 is 0 Å². The van der Waals surface area contributed by atoms with E-state index in [9.17, 15) is 0 Å². The molecule has 62 valence electrons. The maximum Gasteiger partial charge on any atom is 0.0181 e. The summed E-state index contributed by atoms with van der Waals surface area (Å²) >= 11 is 0. The van der Waals surface area contributed by atoms with Gasteiger partial charge in [-0.3, -0.25) is 0 Å². The van der Waals surface area contributed by atoms with Gasteiger partial charge in [-0.25, -0.2) is 0 Å². The Bertz CT molecular complexity index is 313. The Morgan fingerprint density at radius 1 is 1.33 bits per heavy atom. The molecule has 0 bridgehead atoms. The standard InChI is InChI=1S/C11H13N/c12-8-10-6-3-5-9-4-1-2-7-11(9)10/h1,3-6H,2,7-8,12H2. The van der Waals surface area contributed by atoms with Gasteiger partial charge in [0.25, 0.3) is 0 Å². The average Bonchev–Trinajstić information content (AvgIpc) is 2.17. The van der Waals surface area contributed by atoms with Gasteiger partial charge in [0.2, 0.25) is 0 Å². The molecule has 0 aromatic heterocycles. The number of rotatable bonds is 1. The normalized spacial score (nSPS) is 14.4. The molecule has 0 unspecified atom stereocenters. The molecule has 0 atom stereocenters. The van der Waals surface area contributed by atoms with Gasteiger partial charge in [-0.1, -0.05) is 30.4 Å². The lowest BCUT2D eigenvalue weighted by molar-refractivity contribution is 0.934. The lowest BCUT2D eigenvalue weighted by Crippen LogP contribution is -2.04. The van der Waals surface area contributed by atoms with Crippen LogP contribution in [0.2, 0.25) is 0 Å². The summed E-state index contributed by atoms with van der Waals surface area (Å²) in [5.74, 6) is 0. The zero-order valence-electron chi connectivity index (χ0n) is 7.09. The number of benzene rings is 1. The fourth-order valence-electron chi connectivity index (χ4n) is 1.74. The maximum atomic E-state index is 5.65. The summed E-state index contributed by atoms with van der Waals surface area (Å²) in [5.41, 5.74) is 9.75. The van der Waals surface area contributed by atoms with Crippen LogP contribution in [0.4, 0.5) is 0 Å². The average molecular weight is 159 g/mol. The number of hydrogen-bond donors (Lipinski definition) is 1. The predicted octanol–water partition coefficient (Wildman–Crippen LogP) is 2.10. The third kappa shape index (κ3) is 1.16. The summed E-state index contributed by atoms with van der Waals surface area (Å²) in [5, 5.41) is 0. The Kier molecular flexibility index (Phi) is 1.96. The van der Waals surface area contributed by atoms with E-state index in [-0.39, 0.29) is 0 Å². The third-order valence-electron chi connectivity index (χ3n) is 2.39. The zero-order chi connectivity index (χ0) is 8.39. The van der Waals surface area contributed by atoms with Gasteiger partial charge in [0, 0.05) is 6.54 Å². The second kappa shape index (κ2) is 3.11. The van der Waals surface area contributed by atoms with E-state index in [4.69, 9.17) is 5.73 Å². The zero-order valence-corrected chi connectivity index (χ0v) is 7.09. The van der Waals surface area contributed by atoms with Gasteiger partial charge in [-0.15, -0.1) is 0 Å². The summed E-state index contributed by atoms with van der Waals surface area (Å²) < 4.78 is 0. The number of nitrogens with two attached hydrogens (primary N) is 1. The molecule has 0 saturated heterocycles. The molecule has 1 aromatic carbocycles. The Hall–Kier alpha value is -1.08. The first-order valence-electron chi connectivity index (χ1n) is 4.39. The molecule has 0 fully saturated rings. The van der Waals surface area contributed by atoms with E-state index in [1.165, 1.54) is 16.7 Å². The molecule has 1 aliphatic rings. The van der Waals surface area contributed by atoms with E-state index in [0.717, 1.165) is 12.8 Å². The molecule has 1 nitrogen and oxygen atoms in total. The number of fused-ring (bicyclic) bond motifs is 1. The van der Waals surface area contributed by atoms with Crippen molar-refractivity contribution in [3.63, 3.8) is 0 Å². The highest BCUT2D eigenvalue weighted by Gasteiger charge is 2.06. The maximum absolute atomic E-state index is 5.65. The first kappa shape index (κ1) is 7.56. The molecule has 0 saturated carbocycles. The predicted molar refractivity (Wildman–Crippen MR) is 51.7 cm³/mol. The fourth-order valence-corrected chi connectivity index (χ4v) is 1.74. The van der Waals surface area contributed by atoms with Gasteiger partial charge < -0.3 is 5.73 Å². The van der Waals surface area contributed by atoms with Crippen LogP contribution >= 0.6 is 0 Å². The molecule has 0 spiro atoms. The number of allylic oxidation sites excluding steroid dienone is 1. The van der Waals surface area contributed by atoms with Crippen molar-refractivity contribution in [1.29, 1.82) is 0 Å². The van der Waals surface area contributed by atoms with Gasteiger partial charge in [0.1, 0.15) is 0 Å². The fraction of sp³-hybridized carbons (Fsp3) is 0.273. The van der Waals surface area contributed by atoms with Crippen LogP contribution in [0.3, 0.4) is 0 Å². The smallest absolute Gasteiger partial charge is 0.0181 e. The van der Waals surface area contributed by atoms with Gasteiger partial charge in [0.05, 0.1) is 0 Å². The highest BCUT2D eigenvalue weighted by Crippen LogP contribution is 2.22. The van der Waals surface area contributed by atoms with E-state index in [1.807, 2.05) is 0 Å². The number of hydrogen-bond acceptors (Lipinski definition) is 1. The molecule has 0 heterocycles. The van der Waals surface area contributed by atoms with Gasteiger partial charge in [-0.05, 0) is 29.5 Å². The second-order valence-electron chi connectivity index (χ2n) is 3.13. The van der Waals surface area contributed by atoms with E-state index in [0.29, 0.717) is 6.54 Å². The van der Waals surface area contributed by atoms with Crippen LogP contribution in [0.15, 0.2) is 24.3 Å². The SMILES string of the molecule is NCc1cccc2c1CCC=C2. The van der Waals surface area contributed by atoms with Crippen LogP contribution in [0, 0.1) is 0 Å². The van der Waals surface area contributed by atoms with Gasteiger partial charge in [0.15, 0.2) is 0 Å². The molecular formula is C11H13N. The largest absolute Gasteiger partial charge is 0.326 e. The Balaban J connectivity index is 2.53. The van der Waals surface area contributed by atoms with Crippen LogP contribution in [0.5, 0.6) is 0 Å². The summed E-state index contributed by atoms with van der Waals surface area (Å²) in [6.07, 6.45) is 6.73. The summed E-state index contributed by atoms with van der Waals surface area (Å²) in [6.45, 7) is 0.664. The quantitative estimate of drug-likeness (QED) is 0.667. The van der Waals surface area contributed by atoms with Crippen molar-refractivity contribution in [2.75, 3.05) is 0 Å². The van der Waals surface area contributed by atoms with Crippen LogP contribution in [0.25, 0.3) is 6.08 Å². The molecule has 1 aromatic rings. The van der Waals surface area contributed by atoms with Crippen molar-refractivity contribution < 1.29 is 0 Å². The van der Waals surface area contributed by atoms with Crippen molar-refractivity contribution >= 4 is 6.08 Å². The summed E-state index contributed by atoms with van der Waals surface area (Å²) in [7, 11) is 0. The first-order chi connectivity index (χ1) is 5.92. The minimum atomic E-state index is 0.664. The molecule has 0 radical (unpaired) electrons. The van der Waals surface area contributed by atoms with Crippen molar-refractivity contribution in [2.45, 2.75) is 19.4 Å². The highest BCUT2D eigenvalue weighted by atomic mass is 14.5. The van der Waals surface area contributed by atoms with Gasteiger partial charge in [-0.2, -0.15) is 0 Å². The first-order valence-corrected chi connectivity index (χ1v) is 4.39. The van der Waals surface area contributed by atoms with Crippen molar-refractivity contribution in [3.8, 4) is 0 Å². The summed E-state index contributed by atoms with van der Waals surface area (Å²) in [4.78, 5) is 0. The van der Waals surface area contributed by atoms with E-state index in [1.54, 1.807) is 0 Å². The van der Waals surface area contributed by atoms with Crippen LogP contribution in [-0.2, 0) is 13.0 Å². The van der Waals surface area contributed by atoms with Crippen LogP contribution in [0.1, 0.15) is 23.1 Å². The van der Waals surface area contributed by atoms with E-state index < -0.39 is 0 Å². The second-order valence-corrected chi connectivity index (χ2v) is 3.13. The van der Waals surface area contributed by atoms with E-state index in [2.05, 4.69) is 30.4 Å². The molecule has 2 N–H and O–H groups in total. The minimum Gasteiger partial charge on any atom is -0.326 e. The molecule has 1 heteroatoms. The molecule has 12 heavy (non-hydrogen) atoms. The third-order valence-corrected chi connectivity index (χ3v) is 2.39. The van der Waals surface area contributed by atoms with Crippen LogP contribution in [-0.4, -0.2) is 0 Å². The monoisotopic (exact) mass is 159 g/mol. The molecule has 1 aliphatic carbocycles. The lowest BCUT2D eigenvalue weighted by atomic mass is 9.93. The highest BCUT2D eigenvalue weighted by molar-refractivity contribution is 5.58.